The Bertz CT molecular complexity index is 991. The first kappa shape index (κ1) is 19.5. The Kier molecular flexibility index (Phi) is 5.58. The first-order valence-corrected chi connectivity index (χ1v) is 10.3. The van der Waals surface area contributed by atoms with Crippen molar-refractivity contribution in [3.8, 4) is 17.0 Å². The number of rotatable bonds is 4. The molecule has 7 heteroatoms. The van der Waals surface area contributed by atoms with E-state index < -0.39 is 0 Å². The molecule has 2 aromatic carbocycles. The molecule has 1 fully saturated rings. The third-order valence-electron chi connectivity index (χ3n) is 5.20. The largest absolute Gasteiger partial charge is 0.497 e. The monoisotopic (exact) mass is 455 g/mol. The Morgan fingerprint density at radius 2 is 1.69 bits per heavy atom. The number of nitrogens with zero attached hydrogens (tertiary/aromatic N) is 3. The van der Waals surface area contributed by atoms with Crippen LogP contribution in [0.1, 0.15) is 16.1 Å². The van der Waals surface area contributed by atoms with Crippen molar-refractivity contribution < 1.29 is 14.1 Å². The second-order valence-electron chi connectivity index (χ2n) is 6.95. The molecule has 0 N–H and O–H groups in total. The number of aryl methyl sites for hydroxylation is 1. The topological polar surface area (TPSA) is 58.8 Å². The smallest absolute Gasteiger partial charge is 0.259 e. The van der Waals surface area contributed by atoms with Crippen LogP contribution in [-0.2, 0) is 0 Å². The van der Waals surface area contributed by atoms with Crippen LogP contribution in [0.3, 0.4) is 0 Å². The summed E-state index contributed by atoms with van der Waals surface area (Å²) in [5.74, 6) is 1.35. The van der Waals surface area contributed by atoms with Gasteiger partial charge in [0.1, 0.15) is 22.8 Å². The molecule has 4 rings (SSSR count). The van der Waals surface area contributed by atoms with E-state index in [4.69, 9.17) is 9.26 Å². The quantitative estimate of drug-likeness (QED) is 0.583. The number of amides is 1. The molecule has 1 saturated heterocycles. The Morgan fingerprint density at radius 1 is 1.03 bits per heavy atom. The maximum absolute atomic E-state index is 13.3. The lowest BCUT2D eigenvalue weighted by Crippen LogP contribution is -2.49. The summed E-state index contributed by atoms with van der Waals surface area (Å²) < 4.78 is 11.6. The fourth-order valence-corrected chi connectivity index (χ4v) is 3.81. The van der Waals surface area contributed by atoms with Gasteiger partial charge >= 0.3 is 0 Å². The highest BCUT2D eigenvalue weighted by Crippen LogP contribution is 2.28. The molecule has 1 aliphatic heterocycles. The van der Waals surface area contributed by atoms with Gasteiger partial charge in [0.05, 0.1) is 7.11 Å². The van der Waals surface area contributed by atoms with Crippen LogP contribution in [0.2, 0.25) is 0 Å². The normalized spacial score (nSPS) is 14.2. The number of carbonyl (C=O) groups excluding carboxylic acids is 1. The van der Waals surface area contributed by atoms with Crippen LogP contribution in [0.4, 0.5) is 5.69 Å². The molecule has 2 heterocycles. The summed E-state index contributed by atoms with van der Waals surface area (Å²) in [6.07, 6.45) is 0. The van der Waals surface area contributed by atoms with Crippen molar-refractivity contribution in [1.82, 2.24) is 10.1 Å². The van der Waals surface area contributed by atoms with E-state index >= 15 is 0 Å². The van der Waals surface area contributed by atoms with Crippen molar-refractivity contribution in [3.63, 3.8) is 0 Å². The Hall–Kier alpha value is -2.80. The zero-order chi connectivity index (χ0) is 20.4. The average Bonchev–Trinajstić information content (AvgIpc) is 3.15. The number of ether oxygens (including phenoxy) is 1. The number of hydrogen-bond acceptors (Lipinski definition) is 5. The number of aromatic nitrogens is 1. The number of hydrogen-bond donors (Lipinski definition) is 0. The van der Waals surface area contributed by atoms with E-state index in [-0.39, 0.29) is 5.91 Å². The molecular weight excluding hydrogens is 434 g/mol. The summed E-state index contributed by atoms with van der Waals surface area (Å²) in [7, 11) is 1.66. The van der Waals surface area contributed by atoms with Crippen LogP contribution in [0.5, 0.6) is 5.75 Å². The molecule has 0 aliphatic carbocycles. The van der Waals surface area contributed by atoms with Gasteiger partial charge in [-0.25, -0.2) is 0 Å². The van der Waals surface area contributed by atoms with E-state index in [1.54, 1.807) is 14.0 Å². The van der Waals surface area contributed by atoms with Gasteiger partial charge in [0.15, 0.2) is 0 Å². The summed E-state index contributed by atoms with van der Waals surface area (Å²) in [6, 6.07) is 15.7. The maximum atomic E-state index is 13.3. The number of methoxy groups -OCH3 is 1. The third-order valence-corrected chi connectivity index (χ3v) is 5.73. The second-order valence-corrected chi connectivity index (χ2v) is 7.86. The first-order valence-electron chi connectivity index (χ1n) is 9.47. The van der Waals surface area contributed by atoms with E-state index in [2.05, 4.69) is 26.0 Å². The molecule has 1 aromatic heterocycles. The molecule has 0 bridgehead atoms. The standard InChI is InChI=1S/C22H22BrN3O3/c1-15-20(21(24-29-15)16-3-5-17(23)6-4-16)22(27)26-13-11-25(12-14-26)18-7-9-19(28-2)10-8-18/h3-10H,11-14H2,1-2H3. The van der Waals surface area contributed by atoms with E-state index in [0.717, 1.165) is 34.6 Å². The lowest BCUT2D eigenvalue weighted by atomic mass is 10.0. The molecule has 1 amide bonds. The van der Waals surface area contributed by atoms with Crippen molar-refractivity contribution in [3.05, 3.63) is 64.3 Å². The van der Waals surface area contributed by atoms with E-state index in [9.17, 15) is 4.79 Å². The van der Waals surface area contributed by atoms with Crippen LogP contribution in [0.15, 0.2) is 57.5 Å². The summed E-state index contributed by atoms with van der Waals surface area (Å²) in [4.78, 5) is 17.4. The molecule has 3 aromatic rings. The predicted octanol–water partition coefficient (Wildman–Crippen LogP) is 4.38. The molecule has 0 unspecified atom stereocenters. The first-order chi connectivity index (χ1) is 14.1. The third kappa shape index (κ3) is 4.00. The minimum absolute atomic E-state index is 0.0314. The molecule has 0 spiro atoms. The minimum atomic E-state index is -0.0314. The van der Waals surface area contributed by atoms with E-state index in [0.29, 0.717) is 30.1 Å². The van der Waals surface area contributed by atoms with Gasteiger partial charge < -0.3 is 19.1 Å². The highest BCUT2D eigenvalue weighted by molar-refractivity contribution is 9.10. The molecule has 29 heavy (non-hydrogen) atoms. The Balaban J connectivity index is 1.49. The van der Waals surface area contributed by atoms with Gasteiger partial charge in [0.25, 0.3) is 5.91 Å². The van der Waals surface area contributed by atoms with Gasteiger partial charge in [-0.3, -0.25) is 4.79 Å². The highest BCUT2D eigenvalue weighted by Gasteiger charge is 2.28. The molecule has 1 aliphatic rings. The Morgan fingerprint density at radius 3 is 2.31 bits per heavy atom. The van der Waals surface area contributed by atoms with Gasteiger partial charge in [0.2, 0.25) is 0 Å². The van der Waals surface area contributed by atoms with Crippen LogP contribution < -0.4 is 9.64 Å². The molecule has 6 nitrogen and oxygen atoms in total. The van der Waals surface area contributed by atoms with Crippen LogP contribution in [-0.4, -0.2) is 49.3 Å². The van der Waals surface area contributed by atoms with Crippen molar-refractivity contribution in [1.29, 1.82) is 0 Å². The molecular formula is C22H22BrN3O3. The van der Waals surface area contributed by atoms with Crippen molar-refractivity contribution >= 4 is 27.5 Å². The summed E-state index contributed by atoms with van der Waals surface area (Å²) in [5.41, 5.74) is 3.14. The number of halogens is 1. The van der Waals surface area contributed by atoms with Crippen molar-refractivity contribution in [2.24, 2.45) is 0 Å². The van der Waals surface area contributed by atoms with Gasteiger partial charge in [-0.1, -0.05) is 33.2 Å². The van der Waals surface area contributed by atoms with E-state index in [1.807, 2.05) is 53.4 Å². The number of piperazine rings is 1. The van der Waals surface area contributed by atoms with Gasteiger partial charge in [0, 0.05) is 41.9 Å². The van der Waals surface area contributed by atoms with Gasteiger partial charge in [-0.2, -0.15) is 0 Å². The number of benzene rings is 2. The van der Waals surface area contributed by atoms with E-state index in [1.165, 1.54) is 0 Å². The minimum Gasteiger partial charge on any atom is -0.497 e. The van der Waals surface area contributed by atoms with Crippen LogP contribution in [0.25, 0.3) is 11.3 Å². The Labute approximate surface area is 178 Å². The maximum Gasteiger partial charge on any atom is 0.259 e. The fraction of sp³-hybridized carbons (Fsp3) is 0.273. The number of anilines is 1. The lowest BCUT2D eigenvalue weighted by Gasteiger charge is -2.36. The SMILES string of the molecule is COc1ccc(N2CCN(C(=O)c3c(-c4ccc(Br)cc4)noc3C)CC2)cc1. The van der Waals surface area contributed by atoms with Gasteiger partial charge in [-0.05, 0) is 43.3 Å². The zero-order valence-corrected chi connectivity index (χ0v) is 18.0. The fourth-order valence-electron chi connectivity index (χ4n) is 3.55. The molecule has 0 atom stereocenters. The summed E-state index contributed by atoms with van der Waals surface area (Å²) in [5, 5.41) is 4.15. The van der Waals surface area contributed by atoms with Crippen molar-refractivity contribution in [2.45, 2.75) is 6.92 Å². The zero-order valence-electron chi connectivity index (χ0n) is 16.4. The van der Waals surface area contributed by atoms with Crippen molar-refractivity contribution in [2.75, 3.05) is 38.2 Å². The van der Waals surface area contributed by atoms with Crippen LogP contribution in [0, 0.1) is 6.92 Å². The highest BCUT2D eigenvalue weighted by atomic mass is 79.9. The van der Waals surface area contributed by atoms with Gasteiger partial charge in [-0.15, -0.1) is 0 Å². The van der Waals surface area contributed by atoms with Crippen LogP contribution >= 0.6 is 15.9 Å². The molecule has 0 saturated carbocycles. The summed E-state index contributed by atoms with van der Waals surface area (Å²) in [6.45, 7) is 4.63. The summed E-state index contributed by atoms with van der Waals surface area (Å²) >= 11 is 3.44. The second kappa shape index (κ2) is 8.29. The lowest BCUT2D eigenvalue weighted by molar-refractivity contribution is 0.0745. The molecule has 150 valence electrons. The number of carbonyl (C=O) groups is 1. The predicted molar refractivity (Wildman–Crippen MR) is 115 cm³/mol. The average molecular weight is 456 g/mol. The molecule has 0 radical (unpaired) electrons.